The van der Waals surface area contributed by atoms with Crippen molar-refractivity contribution in [1.82, 2.24) is 20.2 Å². The van der Waals surface area contributed by atoms with Crippen LogP contribution in [0.1, 0.15) is 20.8 Å². The smallest absolute Gasteiger partial charge is 0.231 e. The van der Waals surface area contributed by atoms with Crippen molar-refractivity contribution in [2.45, 2.75) is 26.3 Å². The molecule has 3 heterocycles. The molecule has 6 heteroatoms. The van der Waals surface area contributed by atoms with Crippen LogP contribution in [0, 0.1) is 0 Å². The largest absolute Gasteiger partial charge is 0.436 e. The highest BCUT2D eigenvalue weighted by molar-refractivity contribution is 5.95. The Hall–Kier alpha value is -3.67. The summed E-state index contributed by atoms with van der Waals surface area (Å²) in [5.41, 5.74) is 5.28. The first-order valence-corrected chi connectivity index (χ1v) is 9.55. The zero-order valence-corrected chi connectivity index (χ0v) is 16.5. The van der Waals surface area contributed by atoms with Crippen LogP contribution in [0.4, 0.5) is 5.82 Å². The summed E-state index contributed by atoms with van der Waals surface area (Å²) in [6, 6.07) is 15.9. The highest BCUT2D eigenvalue weighted by atomic mass is 16.3. The van der Waals surface area contributed by atoms with Crippen molar-refractivity contribution >= 4 is 27.8 Å². The summed E-state index contributed by atoms with van der Waals surface area (Å²) in [7, 11) is 0. The molecule has 0 unspecified atom stereocenters. The normalized spacial score (nSPS) is 12.0. The van der Waals surface area contributed by atoms with Gasteiger partial charge in [0.15, 0.2) is 5.58 Å². The maximum Gasteiger partial charge on any atom is 0.231 e. The number of oxazole rings is 1. The van der Waals surface area contributed by atoms with Crippen LogP contribution in [0.25, 0.3) is 44.6 Å². The average Bonchev–Trinajstić information content (AvgIpc) is 3.33. The summed E-state index contributed by atoms with van der Waals surface area (Å²) in [6.45, 7) is 6.31. The molecule has 0 saturated carbocycles. The third kappa shape index (κ3) is 3.23. The molecule has 0 fully saturated rings. The van der Waals surface area contributed by atoms with Crippen molar-refractivity contribution in [3.05, 3.63) is 60.9 Å². The topological polar surface area (TPSA) is 79.6 Å². The third-order valence-corrected chi connectivity index (χ3v) is 4.70. The Morgan fingerprint density at radius 1 is 0.966 bits per heavy atom. The van der Waals surface area contributed by atoms with E-state index in [0.717, 1.165) is 44.5 Å². The van der Waals surface area contributed by atoms with E-state index in [4.69, 9.17) is 14.4 Å². The highest BCUT2D eigenvalue weighted by Gasteiger charge is 2.19. The number of hydrogen-bond acceptors (Lipinski definition) is 5. The molecule has 0 aliphatic carbocycles. The zero-order chi connectivity index (χ0) is 20.0. The quantitative estimate of drug-likeness (QED) is 0.421. The van der Waals surface area contributed by atoms with Crippen molar-refractivity contribution in [3.8, 4) is 22.6 Å². The molecule has 0 atom stereocenters. The Morgan fingerprint density at radius 2 is 1.83 bits per heavy atom. The molecule has 0 amide bonds. The van der Waals surface area contributed by atoms with Crippen LogP contribution >= 0.6 is 0 Å². The lowest BCUT2D eigenvalue weighted by Crippen LogP contribution is -2.27. The van der Waals surface area contributed by atoms with Gasteiger partial charge in [0.1, 0.15) is 11.3 Å². The van der Waals surface area contributed by atoms with Crippen LogP contribution in [0.5, 0.6) is 0 Å². The Balaban J connectivity index is 1.71. The second-order valence-electron chi connectivity index (χ2n) is 8.12. The molecule has 2 N–H and O–H groups in total. The minimum Gasteiger partial charge on any atom is -0.436 e. The van der Waals surface area contributed by atoms with Gasteiger partial charge in [0.05, 0.1) is 17.3 Å². The number of pyridine rings is 1. The van der Waals surface area contributed by atoms with Crippen molar-refractivity contribution in [2.75, 3.05) is 5.32 Å². The predicted octanol–water partition coefficient (Wildman–Crippen LogP) is 5.64. The number of nitrogens with zero attached hydrogens (tertiary/aromatic N) is 3. The molecule has 5 aromatic rings. The van der Waals surface area contributed by atoms with Gasteiger partial charge in [0.2, 0.25) is 5.89 Å². The minimum absolute atomic E-state index is 0.153. The Morgan fingerprint density at radius 3 is 2.66 bits per heavy atom. The lowest BCUT2D eigenvalue weighted by Gasteiger charge is -2.23. The molecule has 5 rings (SSSR count). The Labute approximate surface area is 168 Å². The molecular weight excluding hydrogens is 362 g/mol. The average molecular weight is 383 g/mol. The van der Waals surface area contributed by atoms with Crippen LogP contribution in [-0.4, -0.2) is 25.7 Å². The molecule has 0 aliphatic heterocycles. The molecular formula is C23H21N5O. The van der Waals surface area contributed by atoms with Crippen LogP contribution in [-0.2, 0) is 0 Å². The number of aromatic amines is 1. The Bertz CT molecular complexity index is 1290. The van der Waals surface area contributed by atoms with Gasteiger partial charge in [-0.2, -0.15) is 5.10 Å². The summed E-state index contributed by atoms with van der Waals surface area (Å²) < 4.78 is 6.06. The number of aromatic nitrogens is 4. The van der Waals surface area contributed by atoms with Crippen LogP contribution in [0.3, 0.4) is 0 Å². The standard InChI is InChI=1S/C23H21N5O/c1-23(2,3)27-21-16(22-26-19-8-4-5-10-20(19)29-22)11-14(12-24-21)15-7-6-9-18-17(15)13-25-28-18/h4-13H,1-3H3,(H,24,27)(H,25,28). The molecule has 0 spiro atoms. The van der Waals surface area contributed by atoms with Crippen LogP contribution < -0.4 is 5.32 Å². The highest BCUT2D eigenvalue weighted by Crippen LogP contribution is 2.35. The fourth-order valence-electron chi connectivity index (χ4n) is 3.44. The van der Waals surface area contributed by atoms with Gasteiger partial charge in [-0.3, -0.25) is 5.10 Å². The Kier molecular flexibility index (Phi) is 3.87. The van der Waals surface area contributed by atoms with E-state index in [9.17, 15) is 0 Å². The van der Waals surface area contributed by atoms with Crippen LogP contribution in [0.2, 0.25) is 0 Å². The molecule has 0 bridgehead atoms. The maximum absolute atomic E-state index is 6.06. The van der Waals surface area contributed by atoms with E-state index in [1.165, 1.54) is 0 Å². The minimum atomic E-state index is -0.153. The monoisotopic (exact) mass is 383 g/mol. The maximum atomic E-state index is 6.06. The molecule has 6 nitrogen and oxygen atoms in total. The van der Waals surface area contributed by atoms with Gasteiger partial charge in [0, 0.05) is 22.7 Å². The third-order valence-electron chi connectivity index (χ3n) is 4.70. The number of rotatable bonds is 3. The van der Waals surface area contributed by atoms with Gasteiger partial charge in [-0.05, 0) is 50.6 Å². The van der Waals surface area contributed by atoms with E-state index in [1.807, 2.05) is 48.8 Å². The first kappa shape index (κ1) is 17.4. The van der Waals surface area contributed by atoms with Gasteiger partial charge in [-0.15, -0.1) is 0 Å². The zero-order valence-electron chi connectivity index (χ0n) is 16.5. The fraction of sp³-hybridized carbons (Fsp3) is 0.174. The molecule has 0 saturated heterocycles. The summed E-state index contributed by atoms with van der Waals surface area (Å²) in [6.07, 6.45) is 3.72. The second kappa shape index (κ2) is 6.44. The number of benzene rings is 2. The lowest BCUT2D eigenvalue weighted by atomic mass is 10.0. The van der Waals surface area contributed by atoms with Gasteiger partial charge in [0.25, 0.3) is 0 Å². The fourth-order valence-corrected chi connectivity index (χ4v) is 3.44. The van der Waals surface area contributed by atoms with Gasteiger partial charge in [-0.1, -0.05) is 24.3 Å². The SMILES string of the molecule is CC(C)(C)Nc1ncc(-c2cccc3[nH]ncc23)cc1-c1nc2ccccc2o1. The van der Waals surface area contributed by atoms with E-state index < -0.39 is 0 Å². The number of nitrogens with one attached hydrogen (secondary N) is 2. The first-order chi connectivity index (χ1) is 14.0. The summed E-state index contributed by atoms with van der Waals surface area (Å²) in [5.74, 6) is 1.29. The summed E-state index contributed by atoms with van der Waals surface area (Å²) >= 11 is 0. The lowest BCUT2D eigenvalue weighted by molar-refractivity contribution is 0.614. The number of para-hydroxylation sites is 2. The molecule has 144 valence electrons. The first-order valence-electron chi connectivity index (χ1n) is 9.55. The van der Waals surface area contributed by atoms with Gasteiger partial charge < -0.3 is 9.73 Å². The summed E-state index contributed by atoms with van der Waals surface area (Å²) in [4.78, 5) is 9.43. The number of hydrogen-bond donors (Lipinski definition) is 2. The van der Waals surface area contributed by atoms with E-state index in [1.54, 1.807) is 0 Å². The predicted molar refractivity (Wildman–Crippen MR) is 116 cm³/mol. The molecule has 3 aromatic heterocycles. The molecule has 0 radical (unpaired) electrons. The summed E-state index contributed by atoms with van der Waals surface area (Å²) in [5, 5.41) is 11.7. The van der Waals surface area contributed by atoms with Crippen LogP contribution in [0.15, 0.2) is 65.3 Å². The number of H-pyrrole nitrogens is 1. The molecule has 0 aliphatic rings. The number of fused-ring (bicyclic) bond motifs is 2. The van der Waals surface area contributed by atoms with E-state index in [2.05, 4.69) is 48.4 Å². The van der Waals surface area contributed by atoms with E-state index in [-0.39, 0.29) is 5.54 Å². The molecule has 2 aromatic carbocycles. The van der Waals surface area contributed by atoms with Crippen molar-refractivity contribution in [2.24, 2.45) is 0 Å². The second-order valence-corrected chi connectivity index (χ2v) is 8.12. The van der Waals surface area contributed by atoms with Gasteiger partial charge in [-0.25, -0.2) is 9.97 Å². The van der Waals surface area contributed by atoms with Gasteiger partial charge >= 0.3 is 0 Å². The van der Waals surface area contributed by atoms with E-state index >= 15 is 0 Å². The van der Waals surface area contributed by atoms with Crippen molar-refractivity contribution in [1.29, 1.82) is 0 Å². The van der Waals surface area contributed by atoms with E-state index in [0.29, 0.717) is 5.89 Å². The van der Waals surface area contributed by atoms with Crippen molar-refractivity contribution < 1.29 is 4.42 Å². The van der Waals surface area contributed by atoms with Crippen molar-refractivity contribution in [3.63, 3.8) is 0 Å². The molecule has 29 heavy (non-hydrogen) atoms. The number of anilines is 1.